The van der Waals surface area contributed by atoms with Gasteiger partial charge in [0.2, 0.25) is 0 Å². The lowest BCUT2D eigenvalue weighted by Gasteiger charge is -2.14. The van der Waals surface area contributed by atoms with Gasteiger partial charge < -0.3 is 19.4 Å². The summed E-state index contributed by atoms with van der Waals surface area (Å²) in [5, 5.41) is 2.96. The third kappa shape index (κ3) is 5.02. The highest BCUT2D eigenvalue weighted by Gasteiger charge is 2.23. The Balaban J connectivity index is 1.82. The molecule has 0 atom stereocenters. The van der Waals surface area contributed by atoms with E-state index in [9.17, 15) is 13.6 Å². The van der Waals surface area contributed by atoms with Gasteiger partial charge in [-0.2, -0.15) is 0 Å². The van der Waals surface area contributed by atoms with Crippen molar-refractivity contribution in [3.05, 3.63) is 81.7 Å². The number of rotatable bonds is 9. The second-order valence-corrected chi connectivity index (χ2v) is 7.87. The molecule has 33 heavy (non-hydrogen) atoms. The maximum Gasteiger partial charge on any atom is 0.268 e. The van der Waals surface area contributed by atoms with Gasteiger partial charge in [-0.15, -0.1) is 0 Å². The molecule has 0 unspecified atom stereocenters. The Kier molecular flexibility index (Phi) is 7.74. The number of halogens is 2. The van der Waals surface area contributed by atoms with Crippen LogP contribution in [0.5, 0.6) is 11.5 Å². The summed E-state index contributed by atoms with van der Waals surface area (Å²) in [6.07, 6.45) is 1.31. The largest absolute Gasteiger partial charge is 0.493 e. The zero-order valence-corrected chi connectivity index (χ0v) is 19.7. The Morgan fingerprint density at radius 1 is 1.00 bits per heavy atom. The van der Waals surface area contributed by atoms with Crippen molar-refractivity contribution in [2.24, 2.45) is 0 Å². The van der Waals surface area contributed by atoms with Crippen molar-refractivity contribution < 1.29 is 23.0 Å². The number of amides is 1. The predicted molar refractivity (Wildman–Crippen MR) is 124 cm³/mol. The number of benzene rings is 2. The SMILES string of the molecule is CCc1c(C)c(C(=O)NCCc2ccc(OC)c(OC)c2)n(Cc2c(F)cccc2F)c1C. The zero-order chi connectivity index (χ0) is 24.1. The Bertz CT molecular complexity index is 1130. The molecular weight excluding hydrogens is 426 g/mol. The number of carbonyl (C=O) groups is 1. The number of hydrogen-bond acceptors (Lipinski definition) is 3. The molecule has 3 rings (SSSR count). The molecule has 0 bridgehead atoms. The van der Waals surface area contributed by atoms with E-state index in [1.165, 1.54) is 18.2 Å². The van der Waals surface area contributed by atoms with Crippen LogP contribution in [0.3, 0.4) is 0 Å². The van der Waals surface area contributed by atoms with Crippen LogP contribution < -0.4 is 14.8 Å². The first-order valence-electron chi connectivity index (χ1n) is 10.9. The van der Waals surface area contributed by atoms with Crippen LogP contribution >= 0.6 is 0 Å². The molecule has 0 saturated heterocycles. The van der Waals surface area contributed by atoms with Gasteiger partial charge in [0.25, 0.3) is 5.91 Å². The van der Waals surface area contributed by atoms with Crippen molar-refractivity contribution in [3.63, 3.8) is 0 Å². The van der Waals surface area contributed by atoms with Crippen molar-refractivity contribution in [3.8, 4) is 11.5 Å². The highest BCUT2D eigenvalue weighted by Crippen LogP contribution is 2.28. The van der Waals surface area contributed by atoms with Crippen LogP contribution in [0.15, 0.2) is 36.4 Å². The standard InChI is InChI=1S/C26H30F2N2O3/c1-6-19-16(2)25(30(17(19)3)15-20-21(27)8-7-9-22(20)28)26(31)29-13-12-18-10-11-23(32-4)24(14-18)33-5/h7-11,14H,6,12-13,15H2,1-5H3,(H,29,31). The lowest BCUT2D eigenvalue weighted by atomic mass is 10.1. The molecule has 0 aliphatic carbocycles. The summed E-state index contributed by atoms with van der Waals surface area (Å²) < 4.78 is 40.9. The number of nitrogens with zero attached hydrogens (tertiary/aromatic N) is 1. The van der Waals surface area contributed by atoms with Crippen LogP contribution in [-0.4, -0.2) is 31.2 Å². The fourth-order valence-electron chi connectivity index (χ4n) is 4.24. The Morgan fingerprint density at radius 3 is 2.27 bits per heavy atom. The van der Waals surface area contributed by atoms with Crippen LogP contribution in [0.4, 0.5) is 8.78 Å². The van der Waals surface area contributed by atoms with E-state index in [0.717, 1.165) is 28.8 Å². The van der Waals surface area contributed by atoms with Gasteiger partial charge in [0.05, 0.1) is 20.8 Å². The molecule has 1 aromatic heterocycles. The van der Waals surface area contributed by atoms with Crippen molar-refractivity contribution >= 4 is 5.91 Å². The van der Waals surface area contributed by atoms with E-state index >= 15 is 0 Å². The van der Waals surface area contributed by atoms with Gasteiger partial charge in [-0.1, -0.05) is 19.1 Å². The molecule has 0 radical (unpaired) electrons. The maximum atomic E-state index is 14.3. The first-order valence-corrected chi connectivity index (χ1v) is 10.9. The lowest BCUT2D eigenvalue weighted by Crippen LogP contribution is -2.29. The molecule has 0 aliphatic heterocycles. The van der Waals surface area contributed by atoms with Gasteiger partial charge in [-0.3, -0.25) is 4.79 Å². The van der Waals surface area contributed by atoms with Crippen molar-refractivity contribution in [1.82, 2.24) is 9.88 Å². The Hall–Kier alpha value is -3.35. The van der Waals surface area contributed by atoms with Crippen LogP contribution in [0, 0.1) is 25.5 Å². The molecule has 1 heterocycles. The van der Waals surface area contributed by atoms with Crippen LogP contribution in [0.1, 0.15) is 45.4 Å². The lowest BCUT2D eigenvalue weighted by molar-refractivity contribution is 0.0944. The third-order valence-electron chi connectivity index (χ3n) is 6.01. The first-order chi connectivity index (χ1) is 15.8. The van der Waals surface area contributed by atoms with Gasteiger partial charge >= 0.3 is 0 Å². The average Bonchev–Trinajstić information content (AvgIpc) is 3.04. The molecule has 1 amide bonds. The average molecular weight is 457 g/mol. The number of aromatic nitrogens is 1. The molecule has 7 heteroatoms. The zero-order valence-electron chi connectivity index (χ0n) is 19.7. The topological polar surface area (TPSA) is 52.5 Å². The molecule has 3 aromatic rings. The Labute approximate surface area is 193 Å². The summed E-state index contributed by atoms with van der Waals surface area (Å²) >= 11 is 0. The van der Waals surface area contributed by atoms with E-state index in [2.05, 4.69) is 5.32 Å². The van der Waals surface area contributed by atoms with E-state index < -0.39 is 11.6 Å². The number of hydrogen-bond donors (Lipinski definition) is 1. The van der Waals surface area contributed by atoms with Crippen molar-refractivity contribution in [1.29, 1.82) is 0 Å². The monoisotopic (exact) mass is 456 g/mol. The van der Waals surface area contributed by atoms with E-state index in [1.54, 1.807) is 18.8 Å². The molecule has 1 N–H and O–H groups in total. The quantitative estimate of drug-likeness (QED) is 0.494. The van der Waals surface area contributed by atoms with Crippen molar-refractivity contribution in [2.75, 3.05) is 20.8 Å². The number of methoxy groups -OCH3 is 2. The number of ether oxygens (including phenoxy) is 2. The summed E-state index contributed by atoms with van der Waals surface area (Å²) in [6, 6.07) is 9.41. The van der Waals surface area contributed by atoms with Gasteiger partial charge in [-0.25, -0.2) is 8.78 Å². The smallest absolute Gasteiger partial charge is 0.268 e. The minimum absolute atomic E-state index is 0.0520. The Morgan fingerprint density at radius 2 is 1.67 bits per heavy atom. The van der Waals surface area contributed by atoms with Crippen LogP contribution in [0.2, 0.25) is 0 Å². The predicted octanol–water partition coefficient (Wildman–Crippen LogP) is 4.98. The van der Waals surface area contributed by atoms with E-state index in [1.807, 2.05) is 39.0 Å². The normalized spacial score (nSPS) is 10.9. The van der Waals surface area contributed by atoms with Gasteiger partial charge in [0.1, 0.15) is 17.3 Å². The third-order valence-corrected chi connectivity index (χ3v) is 6.01. The first kappa shape index (κ1) is 24.3. The van der Waals surface area contributed by atoms with E-state index in [0.29, 0.717) is 30.2 Å². The van der Waals surface area contributed by atoms with E-state index in [-0.39, 0.29) is 18.0 Å². The summed E-state index contributed by atoms with van der Waals surface area (Å²) in [4.78, 5) is 13.2. The fraction of sp³-hybridized carbons (Fsp3) is 0.346. The minimum atomic E-state index is -0.626. The molecule has 0 spiro atoms. The second-order valence-electron chi connectivity index (χ2n) is 7.87. The molecule has 0 fully saturated rings. The highest BCUT2D eigenvalue weighted by atomic mass is 19.1. The second kappa shape index (κ2) is 10.5. The fourth-order valence-corrected chi connectivity index (χ4v) is 4.24. The number of carbonyl (C=O) groups excluding carboxylic acids is 1. The van der Waals surface area contributed by atoms with E-state index in [4.69, 9.17) is 9.47 Å². The maximum absolute atomic E-state index is 14.3. The summed E-state index contributed by atoms with van der Waals surface area (Å²) in [7, 11) is 3.15. The summed E-state index contributed by atoms with van der Waals surface area (Å²) in [5.41, 5.74) is 4.03. The van der Waals surface area contributed by atoms with Crippen molar-refractivity contribution in [2.45, 2.75) is 40.2 Å². The van der Waals surface area contributed by atoms with Crippen LogP contribution in [0.25, 0.3) is 0 Å². The number of nitrogens with one attached hydrogen (secondary N) is 1. The molecule has 5 nitrogen and oxygen atoms in total. The van der Waals surface area contributed by atoms with Gasteiger partial charge in [-0.05, 0) is 67.6 Å². The molecule has 0 saturated carbocycles. The van der Waals surface area contributed by atoms with Crippen LogP contribution in [-0.2, 0) is 19.4 Å². The molecule has 2 aromatic carbocycles. The highest BCUT2D eigenvalue weighted by molar-refractivity contribution is 5.95. The molecule has 0 aliphatic rings. The molecule has 176 valence electrons. The molecular formula is C26H30F2N2O3. The summed E-state index contributed by atoms with van der Waals surface area (Å²) in [5.74, 6) is -0.257. The minimum Gasteiger partial charge on any atom is -0.493 e. The van der Waals surface area contributed by atoms with Gasteiger partial charge in [0, 0.05) is 17.8 Å². The summed E-state index contributed by atoms with van der Waals surface area (Å²) in [6.45, 7) is 6.10. The van der Waals surface area contributed by atoms with Gasteiger partial charge in [0.15, 0.2) is 11.5 Å².